The highest BCUT2D eigenvalue weighted by atomic mass is 32.2. The summed E-state index contributed by atoms with van der Waals surface area (Å²) in [6.45, 7) is 0. The number of β-lactam (4-membered cyclic amide) rings is 1. The summed E-state index contributed by atoms with van der Waals surface area (Å²) in [5, 5.41) is 30.0. The van der Waals surface area contributed by atoms with Crippen LogP contribution in [0.5, 0.6) is 0 Å². The van der Waals surface area contributed by atoms with Gasteiger partial charge in [-0.25, -0.2) is 14.8 Å². The lowest BCUT2D eigenvalue weighted by molar-refractivity contribution is -0.885. The smallest absolute Gasteiger partial charge is 0.350 e. The standard InChI is InChI=1S/C26H31N9O7S3/c27-18-12-4-3-5-14(12)35(29)25(32-18)45-9-11-8-43-21-16(20(37)34(21)17(11)22(38)39)31-19(36)15(13-10-44-24(28)30-13)33-42-26(23(40)41)6-1-2-7-26/h10,16,21,25H,1-9,29H2,(H2,27,32)(H2,28,30)(H,31,36)(H,38,39)(H,40,41)/b33-15-/t16?,21-,25?/m1/s1. The van der Waals surface area contributed by atoms with Crippen LogP contribution in [-0.4, -0.2) is 84.3 Å². The van der Waals surface area contributed by atoms with Crippen molar-refractivity contribution >= 4 is 75.3 Å². The summed E-state index contributed by atoms with van der Waals surface area (Å²) >= 11 is 3.65. The average Bonchev–Trinajstić information content (AvgIpc) is 3.79. The van der Waals surface area contributed by atoms with Gasteiger partial charge in [0.1, 0.15) is 28.6 Å². The van der Waals surface area contributed by atoms with Gasteiger partial charge >= 0.3 is 5.97 Å². The van der Waals surface area contributed by atoms with Gasteiger partial charge in [0.25, 0.3) is 17.3 Å². The number of nitrogens with zero attached hydrogens (tertiary/aromatic N) is 4. The maximum absolute atomic E-state index is 13.4. The van der Waals surface area contributed by atoms with Crippen molar-refractivity contribution in [3.05, 3.63) is 33.6 Å². The van der Waals surface area contributed by atoms with Gasteiger partial charge < -0.3 is 36.6 Å². The van der Waals surface area contributed by atoms with Crippen LogP contribution in [0, 0.1) is 0 Å². The molecule has 6 rings (SSSR count). The molecular weight excluding hydrogens is 647 g/mol. The molecule has 19 heteroatoms. The third kappa shape index (κ3) is 5.66. The van der Waals surface area contributed by atoms with Gasteiger partial charge in [0.15, 0.2) is 10.8 Å². The summed E-state index contributed by atoms with van der Waals surface area (Å²) in [4.78, 5) is 66.1. The van der Waals surface area contributed by atoms with Crippen molar-refractivity contribution in [1.29, 1.82) is 0 Å². The number of carbonyl (C=O) groups excluding carboxylic acids is 3. The number of nitrogens with two attached hydrogens (primary N) is 3. The number of hydrogen-bond acceptors (Lipinski definition) is 15. The Kier molecular flexibility index (Phi) is 8.55. The Bertz CT molecular complexity index is 1580. The van der Waals surface area contributed by atoms with Gasteiger partial charge in [-0.15, -0.1) is 23.1 Å². The molecule has 3 aliphatic heterocycles. The number of carboxylic acids is 2. The molecule has 0 aromatic carbocycles. The van der Waals surface area contributed by atoms with Crippen molar-refractivity contribution < 1.29 is 39.2 Å². The van der Waals surface area contributed by atoms with E-state index in [1.54, 1.807) is 0 Å². The number of rotatable bonds is 10. The summed E-state index contributed by atoms with van der Waals surface area (Å²) in [7, 11) is 0. The highest BCUT2D eigenvalue weighted by Gasteiger charge is 2.53. The third-order valence-electron chi connectivity index (χ3n) is 8.43. The van der Waals surface area contributed by atoms with Crippen LogP contribution >= 0.6 is 34.9 Å². The van der Waals surface area contributed by atoms with Crippen LogP contribution in [0.4, 0.5) is 5.13 Å². The zero-order chi connectivity index (χ0) is 32.0. The quantitative estimate of drug-likeness (QED) is 0.0668. The number of aliphatic imine (C=N–C) groups is 1. The highest BCUT2D eigenvalue weighted by Crippen LogP contribution is 2.41. The number of carbonyl (C=O) groups is 4. The van der Waals surface area contributed by atoms with Crippen LogP contribution in [0.2, 0.25) is 0 Å². The van der Waals surface area contributed by atoms with Crippen molar-refractivity contribution in [3.8, 4) is 0 Å². The number of thioether (sulfide) groups is 2. The first-order valence-corrected chi connectivity index (χ1v) is 17.2. The minimum absolute atomic E-state index is 0.0469. The Labute approximate surface area is 269 Å². The van der Waals surface area contributed by atoms with E-state index in [1.807, 2.05) is 0 Å². The number of aromatic nitrogens is 1. The number of amidine groups is 1. The molecule has 2 fully saturated rings. The molecule has 4 atom stereocenters. The number of nitrogens with one attached hydrogen (secondary N) is 2. The lowest BCUT2D eigenvalue weighted by Crippen LogP contribution is -3.19. The number of oxime groups is 1. The van der Waals surface area contributed by atoms with Gasteiger partial charge in [-0.3, -0.25) is 14.5 Å². The zero-order valence-corrected chi connectivity index (χ0v) is 26.3. The van der Waals surface area contributed by atoms with Gasteiger partial charge in [0.05, 0.1) is 17.2 Å². The Balaban J connectivity index is 1.17. The first-order valence-electron chi connectivity index (χ1n) is 14.2. The van der Waals surface area contributed by atoms with Crippen LogP contribution in [-0.2, 0) is 24.0 Å². The number of nitrogen functional groups attached to an aromatic ring is 1. The molecule has 0 radical (unpaired) electrons. The van der Waals surface area contributed by atoms with Gasteiger partial charge in [-0.05, 0) is 31.3 Å². The third-order valence-corrected chi connectivity index (χ3v) is 11.6. The van der Waals surface area contributed by atoms with E-state index < -0.39 is 46.3 Å². The normalized spacial score (nSPS) is 27.5. The topological polar surface area (TPSA) is 256 Å². The fourth-order valence-corrected chi connectivity index (χ4v) is 9.22. The molecule has 45 heavy (non-hydrogen) atoms. The van der Waals surface area contributed by atoms with Gasteiger partial charge in [-0.1, -0.05) is 16.9 Å². The predicted octanol–water partition coefficient (Wildman–Crippen LogP) is -2.17. The molecule has 3 unspecified atom stereocenters. The molecule has 0 bridgehead atoms. The van der Waals surface area contributed by atoms with Crippen LogP contribution in [0.1, 0.15) is 50.6 Å². The molecule has 16 nitrogen and oxygen atoms in total. The number of thiazole rings is 1. The molecule has 4 heterocycles. The summed E-state index contributed by atoms with van der Waals surface area (Å²) in [6.07, 6.45) is 4.29. The first-order chi connectivity index (χ1) is 21.5. The van der Waals surface area contributed by atoms with E-state index in [0.717, 1.165) is 46.8 Å². The lowest BCUT2D eigenvalue weighted by Gasteiger charge is -2.50. The summed E-state index contributed by atoms with van der Waals surface area (Å²) in [6, 6.07) is -1.09. The number of quaternary nitrogens is 1. The molecule has 1 aromatic rings. The number of carboxylic acid groups (broad SMARTS) is 2. The Morgan fingerprint density at radius 2 is 2.02 bits per heavy atom. The Hall–Kier alpha value is -3.65. The maximum atomic E-state index is 13.4. The predicted molar refractivity (Wildman–Crippen MR) is 164 cm³/mol. The van der Waals surface area contributed by atoms with E-state index in [9.17, 15) is 29.4 Å². The molecule has 1 aromatic heterocycles. The van der Waals surface area contributed by atoms with E-state index in [2.05, 4.69) is 20.4 Å². The summed E-state index contributed by atoms with van der Waals surface area (Å²) in [5.74, 6) is 3.12. The van der Waals surface area contributed by atoms with E-state index in [1.165, 1.54) is 28.9 Å². The van der Waals surface area contributed by atoms with Crippen LogP contribution in [0.15, 0.2) is 38.1 Å². The molecular formula is C26H31N9O7S3. The molecule has 240 valence electrons. The van der Waals surface area contributed by atoms with Crippen molar-refractivity contribution in [2.75, 3.05) is 17.2 Å². The number of allylic oxidation sites excluding steroid dienone is 1. The highest BCUT2D eigenvalue weighted by molar-refractivity contribution is 8.01. The number of aliphatic carboxylic acids is 2. The number of hydrogen-bond donors (Lipinski definition) is 6. The number of anilines is 1. The van der Waals surface area contributed by atoms with Crippen molar-refractivity contribution in [2.24, 2.45) is 21.7 Å². The number of fused-ring (bicyclic) bond motifs is 1. The molecule has 0 spiro atoms. The fraction of sp³-hybridized carbons (Fsp3) is 0.500. The largest absolute Gasteiger partial charge is 0.543 e. The van der Waals surface area contributed by atoms with Crippen LogP contribution in [0.25, 0.3) is 0 Å². The molecule has 1 saturated carbocycles. The minimum atomic E-state index is -1.58. The average molecular weight is 678 g/mol. The second-order valence-electron chi connectivity index (χ2n) is 11.2. The second kappa shape index (κ2) is 12.3. The van der Waals surface area contributed by atoms with Gasteiger partial charge in [0, 0.05) is 36.1 Å². The molecule has 2 aliphatic carbocycles. The van der Waals surface area contributed by atoms with Crippen molar-refractivity contribution in [3.63, 3.8) is 0 Å². The van der Waals surface area contributed by atoms with E-state index in [4.69, 9.17) is 22.1 Å². The maximum Gasteiger partial charge on any atom is 0.350 e. The lowest BCUT2D eigenvalue weighted by atomic mass is 10.0. The molecule has 1 saturated heterocycles. The van der Waals surface area contributed by atoms with Gasteiger partial charge in [0.2, 0.25) is 5.60 Å². The van der Waals surface area contributed by atoms with E-state index >= 15 is 0 Å². The van der Waals surface area contributed by atoms with Gasteiger partial charge in [-0.2, -0.15) is 10.8 Å². The van der Waals surface area contributed by atoms with Crippen molar-refractivity contribution in [2.45, 2.75) is 67.5 Å². The second-order valence-corrected chi connectivity index (χ2v) is 14.2. The molecule has 2 amide bonds. The minimum Gasteiger partial charge on any atom is -0.543 e. The zero-order valence-electron chi connectivity index (χ0n) is 23.8. The van der Waals surface area contributed by atoms with Crippen molar-refractivity contribution in [1.82, 2.24) is 15.2 Å². The summed E-state index contributed by atoms with van der Waals surface area (Å²) in [5.41, 5.74) is 11.8. The molecule has 9 N–H and O–H groups in total. The number of amides is 2. The van der Waals surface area contributed by atoms with Crippen LogP contribution in [0.3, 0.4) is 0 Å². The Morgan fingerprint density at radius 3 is 2.69 bits per heavy atom. The van der Waals surface area contributed by atoms with E-state index in [-0.39, 0.29) is 46.6 Å². The summed E-state index contributed by atoms with van der Waals surface area (Å²) < 4.78 is 0. The Morgan fingerprint density at radius 1 is 1.27 bits per heavy atom. The fourth-order valence-electron chi connectivity index (χ4n) is 6.09. The first kappa shape index (κ1) is 31.3. The van der Waals surface area contributed by atoms with E-state index in [0.29, 0.717) is 29.3 Å². The molecule has 5 aliphatic rings. The monoisotopic (exact) mass is 677 g/mol. The SMILES string of the molecule is NC1=NC(SCC2=C(C(=O)[O-])N3C(=O)C(NC(=O)/C(=N\OC4(C(=O)O)CCCC4)c4csc(N)n4)[C@H]3SC2)[NH+](N)C2=C1CCC2. The van der Waals surface area contributed by atoms with Crippen LogP contribution < -0.4 is 32.7 Å².